The van der Waals surface area contributed by atoms with E-state index in [0.29, 0.717) is 17.9 Å². The van der Waals surface area contributed by atoms with E-state index in [2.05, 4.69) is 29.4 Å². The summed E-state index contributed by atoms with van der Waals surface area (Å²) in [5, 5.41) is 2.69. The minimum absolute atomic E-state index is 0.154. The average molecular weight is 426 g/mol. The van der Waals surface area contributed by atoms with Crippen LogP contribution in [-0.4, -0.2) is 17.8 Å². The normalized spacial score (nSPS) is 14.1. The summed E-state index contributed by atoms with van der Waals surface area (Å²) in [5.41, 5.74) is 4.65. The number of amides is 1. The molecule has 0 unspecified atom stereocenters. The lowest BCUT2D eigenvalue weighted by Gasteiger charge is -2.07. The van der Waals surface area contributed by atoms with Gasteiger partial charge < -0.3 is 14.8 Å². The van der Waals surface area contributed by atoms with Gasteiger partial charge in [0.1, 0.15) is 12.4 Å². The molecule has 3 aromatic rings. The van der Waals surface area contributed by atoms with E-state index in [4.69, 9.17) is 9.47 Å². The van der Waals surface area contributed by atoms with Crippen LogP contribution in [0.3, 0.4) is 0 Å². The van der Waals surface area contributed by atoms with Gasteiger partial charge in [-0.15, -0.1) is 0 Å². The van der Waals surface area contributed by atoms with Gasteiger partial charge in [-0.2, -0.15) is 0 Å². The van der Waals surface area contributed by atoms with Crippen molar-refractivity contribution in [2.45, 2.75) is 20.5 Å². The number of benzene rings is 3. The number of hydrogen-bond donors (Lipinski definition) is 1. The number of esters is 1. The summed E-state index contributed by atoms with van der Waals surface area (Å²) in [6, 6.07) is 22.6. The summed E-state index contributed by atoms with van der Waals surface area (Å²) in [6.07, 6.45) is 1.67. The first-order valence-corrected chi connectivity index (χ1v) is 10.2. The Hall–Kier alpha value is -4.19. The molecular formula is C26H22N2O4. The number of nitrogens with zero attached hydrogens (tertiary/aromatic N) is 1. The van der Waals surface area contributed by atoms with E-state index in [1.54, 1.807) is 30.3 Å². The van der Waals surface area contributed by atoms with Crippen molar-refractivity contribution < 1.29 is 19.1 Å². The third-order valence-electron chi connectivity index (χ3n) is 4.78. The topological polar surface area (TPSA) is 77.0 Å². The van der Waals surface area contributed by atoms with E-state index in [1.165, 1.54) is 12.5 Å². The number of carbonyl (C=O) groups excluding carboxylic acids is 2. The van der Waals surface area contributed by atoms with Crippen molar-refractivity contribution in [3.8, 4) is 5.75 Å². The molecule has 1 amide bonds. The first-order chi connectivity index (χ1) is 15.5. The maximum Gasteiger partial charge on any atom is 0.363 e. The van der Waals surface area contributed by atoms with Gasteiger partial charge in [-0.05, 0) is 60.5 Å². The molecule has 0 saturated heterocycles. The van der Waals surface area contributed by atoms with Gasteiger partial charge in [-0.3, -0.25) is 4.79 Å². The SMILES string of the molecule is CC(=O)Nc1ccc(C2=N/C(=C\c3ccc(OCc4ccc(C)cc4)cc3)C(=O)O2)cc1. The number of carbonyl (C=O) groups is 2. The number of cyclic esters (lactones) is 1. The molecule has 3 aromatic carbocycles. The standard InChI is InChI=1S/C26H22N2O4/c1-17-3-5-20(6-4-17)16-31-23-13-7-19(8-14-23)15-24-26(30)32-25(28-24)21-9-11-22(12-10-21)27-18(2)29/h3-15H,16H2,1-2H3,(H,27,29)/b24-15-. The molecule has 1 aliphatic rings. The van der Waals surface area contributed by atoms with E-state index in [1.807, 2.05) is 36.4 Å². The Morgan fingerprint density at radius 2 is 1.69 bits per heavy atom. The highest BCUT2D eigenvalue weighted by Gasteiger charge is 2.24. The summed E-state index contributed by atoms with van der Waals surface area (Å²) in [6.45, 7) is 3.98. The van der Waals surface area contributed by atoms with Gasteiger partial charge >= 0.3 is 5.97 Å². The maximum absolute atomic E-state index is 12.2. The first-order valence-electron chi connectivity index (χ1n) is 10.2. The van der Waals surface area contributed by atoms with Crippen LogP contribution in [0.2, 0.25) is 0 Å². The number of hydrogen-bond acceptors (Lipinski definition) is 5. The third kappa shape index (κ3) is 5.29. The van der Waals surface area contributed by atoms with Crippen molar-refractivity contribution in [3.05, 3.63) is 101 Å². The molecule has 1 N–H and O–H groups in total. The fourth-order valence-electron chi connectivity index (χ4n) is 3.10. The Morgan fingerprint density at radius 1 is 1.00 bits per heavy atom. The quantitative estimate of drug-likeness (QED) is 0.450. The molecule has 4 rings (SSSR count). The molecule has 1 aliphatic heterocycles. The van der Waals surface area contributed by atoms with Crippen molar-refractivity contribution in [2.75, 3.05) is 5.32 Å². The summed E-state index contributed by atoms with van der Waals surface area (Å²) < 4.78 is 11.1. The zero-order valence-electron chi connectivity index (χ0n) is 17.8. The average Bonchev–Trinajstić information content (AvgIpc) is 3.14. The molecule has 0 aromatic heterocycles. The van der Waals surface area contributed by atoms with E-state index >= 15 is 0 Å². The smallest absolute Gasteiger partial charge is 0.363 e. The van der Waals surface area contributed by atoms with Gasteiger partial charge in [0.2, 0.25) is 11.8 Å². The van der Waals surface area contributed by atoms with Crippen molar-refractivity contribution in [2.24, 2.45) is 4.99 Å². The zero-order chi connectivity index (χ0) is 22.5. The van der Waals surface area contributed by atoms with E-state index < -0.39 is 5.97 Å². The minimum atomic E-state index is -0.509. The number of aliphatic imine (C=N–C) groups is 1. The van der Waals surface area contributed by atoms with Crippen molar-refractivity contribution in [1.82, 2.24) is 0 Å². The van der Waals surface area contributed by atoms with Gasteiger partial charge in [-0.1, -0.05) is 42.0 Å². The van der Waals surface area contributed by atoms with Crippen LogP contribution in [0.5, 0.6) is 5.75 Å². The molecule has 160 valence electrons. The molecule has 0 aliphatic carbocycles. The largest absolute Gasteiger partial charge is 0.489 e. The van der Waals surface area contributed by atoms with Crippen molar-refractivity contribution in [1.29, 1.82) is 0 Å². The lowest BCUT2D eigenvalue weighted by atomic mass is 10.1. The number of aryl methyl sites for hydroxylation is 1. The van der Waals surface area contributed by atoms with Crippen LogP contribution in [0.1, 0.15) is 29.2 Å². The van der Waals surface area contributed by atoms with E-state index in [-0.39, 0.29) is 17.5 Å². The summed E-state index contributed by atoms with van der Waals surface area (Å²) in [5.74, 6) is 0.309. The Morgan fingerprint density at radius 3 is 2.34 bits per heavy atom. The Labute approximate surface area is 186 Å². The van der Waals surface area contributed by atoms with Crippen molar-refractivity contribution >= 4 is 29.5 Å². The highest BCUT2D eigenvalue weighted by atomic mass is 16.6. The second kappa shape index (κ2) is 9.31. The lowest BCUT2D eigenvalue weighted by molar-refractivity contribution is -0.129. The highest BCUT2D eigenvalue weighted by molar-refractivity contribution is 6.13. The summed E-state index contributed by atoms with van der Waals surface area (Å²) >= 11 is 0. The summed E-state index contributed by atoms with van der Waals surface area (Å²) in [4.78, 5) is 27.7. The highest BCUT2D eigenvalue weighted by Crippen LogP contribution is 2.22. The van der Waals surface area contributed by atoms with Crippen LogP contribution in [0.4, 0.5) is 5.69 Å². The molecule has 0 fully saturated rings. The predicted octanol–water partition coefficient (Wildman–Crippen LogP) is 4.88. The summed E-state index contributed by atoms with van der Waals surface area (Å²) in [7, 11) is 0. The zero-order valence-corrected chi connectivity index (χ0v) is 17.8. The van der Waals surface area contributed by atoms with E-state index in [0.717, 1.165) is 16.9 Å². The fraction of sp³-hybridized carbons (Fsp3) is 0.115. The molecule has 0 saturated carbocycles. The maximum atomic E-state index is 12.2. The molecule has 6 heteroatoms. The van der Waals surface area contributed by atoms with E-state index in [9.17, 15) is 9.59 Å². The van der Waals surface area contributed by atoms with Gasteiger partial charge in [0.15, 0.2) is 5.70 Å². The fourth-order valence-corrected chi connectivity index (χ4v) is 3.10. The molecule has 0 atom stereocenters. The monoisotopic (exact) mass is 426 g/mol. The van der Waals surface area contributed by atoms with Crippen LogP contribution >= 0.6 is 0 Å². The molecular weight excluding hydrogens is 404 g/mol. The Kier molecular flexibility index (Phi) is 6.12. The Bertz CT molecular complexity index is 1190. The lowest BCUT2D eigenvalue weighted by Crippen LogP contribution is -2.07. The number of anilines is 1. The number of ether oxygens (including phenoxy) is 2. The molecule has 6 nitrogen and oxygen atoms in total. The molecule has 0 spiro atoms. The number of nitrogens with one attached hydrogen (secondary N) is 1. The van der Waals surface area contributed by atoms with Gasteiger partial charge in [-0.25, -0.2) is 9.79 Å². The van der Waals surface area contributed by atoms with Gasteiger partial charge in [0.25, 0.3) is 0 Å². The first kappa shape index (κ1) is 21.1. The van der Waals surface area contributed by atoms with Gasteiger partial charge in [0.05, 0.1) is 0 Å². The minimum Gasteiger partial charge on any atom is -0.489 e. The van der Waals surface area contributed by atoms with Crippen LogP contribution in [0.25, 0.3) is 6.08 Å². The Balaban J connectivity index is 1.42. The molecule has 1 heterocycles. The molecule has 0 radical (unpaired) electrons. The second-order valence-corrected chi connectivity index (χ2v) is 7.44. The van der Waals surface area contributed by atoms with Crippen LogP contribution in [0, 0.1) is 6.92 Å². The van der Waals surface area contributed by atoms with Crippen LogP contribution in [0.15, 0.2) is 83.5 Å². The predicted molar refractivity (Wildman–Crippen MR) is 123 cm³/mol. The molecule has 0 bridgehead atoms. The van der Waals surface area contributed by atoms with Crippen LogP contribution < -0.4 is 10.1 Å². The number of rotatable bonds is 6. The van der Waals surface area contributed by atoms with Crippen LogP contribution in [-0.2, 0) is 20.9 Å². The van der Waals surface area contributed by atoms with Crippen molar-refractivity contribution in [3.63, 3.8) is 0 Å². The molecule has 32 heavy (non-hydrogen) atoms. The van der Waals surface area contributed by atoms with Gasteiger partial charge in [0, 0.05) is 18.2 Å². The second-order valence-electron chi connectivity index (χ2n) is 7.44. The third-order valence-corrected chi connectivity index (χ3v) is 4.78.